The van der Waals surface area contributed by atoms with Crippen LogP contribution in [0.5, 0.6) is 0 Å². The molecule has 3 aliphatic carbocycles. The molecule has 12 aromatic rings. The summed E-state index contributed by atoms with van der Waals surface area (Å²) in [5.74, 6) is 0.0877. The number of rotatable bonds is 6. The molecule has 0 unspecified atom stereocenters. The average Bonchev–Trinajstić information content (AvgIpc) is 3.93. The van der Waals surface area contributed by atoms with Gasteiger partial charge in [-0.25, -0.2) is 0 Å². The molecule has 2 heterocycles. The predicted octanol–water partition coefficient (Wildman–Crippen LogP) is 16.5. The maximum atomic E-state index is 6.54. The fourth-order valence-corrected chi connectivity index (χ4v) is 11.5. The van der Waals surface area contributed by atoms with Gasteiger partial charge in [0.1, 0.15) is 11.2 Å². The van der Waals surface area contributed by atoms with E-state index in [1.165, 1.54) is 83.1 Å². The van der Waals surface area contributed by atoms with Crippen molar-refractivity contribution in [3.8, 4) is 27.9 Å². The zero-order valence-corrected chi connectivity index (χ0v) is 35.4. The summed E-state index contributed by atoms with van der Waals surface area (Å²) in [6, 6.07) is 84.6. The first-order valence-electron chi connectivity index (χ1n) is 22.6. The molecule has 3 heteroatoms. The van der Waals surface area contributed by atoms with Gasteiger partial charge in [-0.3, -0.25) is 0 Å². The summed E-state index contributed by atoms with van der Waals surface area (Å²) in [7, 11) is 0. The molecule has 65 heavy (non-hydrogen) atoms. The maximum Gasteiger partial charge on any atom is 0.137 e. The van der Waals surface area contributed by atoms with E-state index >= 15 is 0 Å². The van der Waals surface area contributed by atoms with Gasteiger partial charge in [0.05, 0.1) is 27.8 Å². The lowest BCUT2D eigenvalue weighted by Crippen LogP contribution is -2.30. The van der Waals surface area contributed by atoms with Crippen LogP contribution in [0.25, 0.3) is 71.7 Å². The third kappa shape index (κ3) is 5.30. The van der Waals surface area contributed by atoms with Crippen molar-refractivity contribution in [3.63, 3.8) is 0 Å². The van der Waals surface area contributed by atoms with E-state index in [-0.39, 0.29) is 11.8 Å². The zero-order chi connectivity index (χ0) is 42.6. The predicted molar refractivity (Wildman–Crippen MR) is 268 cm³/mol. The second kappa shape index (κ2) is 14.1. The minimum absolute atomic E-state index is 0.0337. The summed E-state index contributed by atoms with van der Waals surface area (Å²) in [5, 5.41) is 4.71. The van der Waals surface area contributed by atoms with Crippen molar-refractivity contribution in [2.75, 3.05) is 4.90 Å². The molecular formula is C62H40N2O. The first-order valence-corrected chi connectivity index (χ1v) is 22.6. The Bertz CT molecular complexity index is 3810. The first-order chi connectivity index (χ1) is 32.3. The van der Waals surface area contributed by atoms with Gasteiger partial charge in [0.15, 0.2) is 0 Å². The molecular weight excluding hydrogens is 789 g/mol. The van der Waals surface area contributed by atoms with Crippen molar-refractivity contribution in [1.82, 2.24) is 4.57 Å². The van der Waals surface area contributed by atoms with Gasteiger partial charge in [-0.15, -0.1) is 0 Å². The lowest BCUT2D eigenvalue weighted by Gasteiger charge is -2.45. The van der Waals surface area contributed by atoms with Crippen LogP contribution < -0.4 is 4.90 Å². The van der Waals surface area contributed by atoms with Gasteiger partial charge >= 0.3 is 0 Å². The van der Waals surface area contributed by atoms with Crippen LogP contribution in [0.3, 0.4) is 0 Å². The van der Waals surface area contributed by atoms with Crippen LogP contribution in [0.1, 0.15) is 45.2 Å². The third-order valence-corrected chi connectivity index (χ3v) is 14.1. The summed E-state index contributed by atoms with van der Waals surface area (Å²) in [6.45, 7) is 0. The summed E-state index contributed by atoms with van der Waals surface area (Å²) in [5.41, 5.74) is 21.9. The highest BCUT2D eigenvalue weighted by molar-refractivity contribution is 6.14. The van der Waals surface area contributed by atoms with Gasteiger partial charge in [-0.1, -0.05) is 164 Å². The minimum atomic E-state index is 0.0337. The second-order valence-electron chi connectivity index (χ2n) is 17.5. The molecule has 2 bridgehead atoms. The Morgan fingerprint density at radius 3 is 1.74 bits per heavy atom. The molecule has 15 rings (SSSR count). The monoisotopic (exact) mass is 828 g/mol. The molecule has 304 valence electrons. The van der Waals surface area contributed by atoms with Crippen LogP contribution in [0.15, 0.2) is 235 Å². The molecule has 3 nitrogen and oxygen atoms in total. The fourth-order valence-electron chi connectivity index (χ4n) is 11.5. The number of para-hydroxylation sites is 3. The summed E-state index contributed by atoms with van der Waals surface area (Å²) < 4.78 is 8.98. The van der Waals surface area contributed by atoms with Crippen LogP contribution >= 0.6 is 0 Å². The highest BCUT2D eigenvalue weighted by Crippen LogP contribution is 2.61. The van der Waals surface area contributed by atoms with Crippen LogP contribution in [0, 0.1) is 0 Å². The Morgan fingerprint density at radius 1 is 0.369 bits per heavy atom. The van der Waals surface area contributed by atoms with Gasteiger partial charge < -0.3 is 13.9 Å². The van der Waals surface area contributed by atoms with E-state index < -0.39 is 0 Å². The Kier molecular flexibility index (Phi) is 7.81. The molecule has 0 radical (unpaired) electrons. The number of fused-ring (bicyclic) bond motifs is 6. The summed E-state index contributed by atoms with van der Waals surface area (Å²) in [4.78, 5) is 2.50. The van der Waals surface area contributed by atoms with Crippen molar-refractivity contribution in [3.05, 3.63) is 264 Å². The molecule has 3 aliphatic rings. The van der Waals surface area contributed by atoms with Gasteiger partial charge in [-0.2, -0.15) is 0 Å². The molecule has 0 N–H and O–H groups in total. The van der Waals surface area contributed by atoms with Crippen molar-refractivity contribution in [2.45, 2.75) is 11.8 Å². The number of nitrogens with zero attached hydrogens (tertiary/aromatic N) is 2. The Balaban J connectivity index is 1.04. The van der Waals surface area contributed by atoms with Crippen molar-refractivity contribution in [2.24, 2.45) is 0 Å². The summed E-state index contributed by atoms with van der Waals surface area (Å²) in [6.07, 6.45) is 0. The number of anilines is 3. The van der Waals surface area contributed by atoms with E-state index in [2.05, 4.69) is 240 Å². The fraction of sp³-hybridized carbons (Fsp3) is 0.0323. The quantitative estimate of drug-likeness (QED) is 0.166. The molecule has 0 saturated heterocycles. The lowest BCUT2D eigenvalue weighted by atomic mass is 9.59. The molecule has 0 fully saturated rings. The molecule has 10 aromatic carbocycles. The van der Waals surface area contributed by atoms with Gasteiger partial charge in [0.25, 0.3) is 0 Å². The lowest BCUT2D eigenvalue weighted by molar-refractivity contribution is 0.669. The largest absolute Gasteiger partial charge is 0.456 e. The summed E-state index contributed by atoms with van der Waals surface area (Å²) >= 11 is 0. The van der Waals surface area contributed by atoms with Gasteiger partial charge in [-0.05, 0) is 122 Å². The third-order valence-electron chi connectivity index (χ3n) is 14.1. The van der Waals surface area contributed by atoms with Gasteiger partial charge in [0.2, 0.25) is 0 Å². The molecule has 2 aromatic heterocycles. The van der Waals surface area contributed by atoms with E-state index in [0.717, 1.165) is 39.0 Å². The number of furan rings is 1. The Hall–Kier alpha value is -8.40. The number of hydrogen-bond donors (Lipinski definition) is 0. The van der Waals surface area contributed by atoms with Crippen molar-refractivity contribution in [1.29, 1.82) is 0 Å². The molecule has 0 saturated carbocycles. The SMILES string of the molecule is c1ccc(-c2cccc(-n3c4ccccc4c4cc(-c5ccc(N(c6ccccc6)c6cccc7oc8ccccc8c67)c6c5C5c7ccccc7C6c6ccccc65)ccc43)c2)cc1. The van der Waals surface area contributed by atoms with Crippen LogP contribution in [0.2, 0.25) is 0 Å². The second-order valence-corrected chi connectivity index (χ2v) is 17.5. The smallest absolute Gasteiger partial charge is 0.137 e. The van der Waals surface area contributed by atoms with E-state index in [1.54, 1.807) is 0 Å². The topological polar surface area (TPSA) is 21.3 Å². The molecule has 0 atom stereocenters. The minimum Gasteiger partial charge on any atom is -0.456 e. The Labute approximate surface area is 376 Å². The van der Waals surface area contributed by atoms with E-state index in [1.807, 2.05) is 0 Å². The average molecular weight is 829 g/mol. The van der Waals surface area contributed by atoms with E-state index in [0.29, 0.717) is 0 Å². The van der Waals surface area contributed by atoms with Crippen LogP contribution in [-0.4, -0.2) is 4.57 Å². The maximum absolute atomic E-state index is 6.54. The highest BCUT2D eigenvalue weighted by Gasteiger charge is 2.44. The molecule has 0 amide bonds. The van der Waals surface area contributed by atoms with Crippen LogP contribution in [-0.2, 0) is 0 Å². The number of benzene rings is 10. The Morgan fingerprint density at radius 2 is 0.969 bits per heavy atom. The first kappa shape index (κ1) is 36.1. The van der Waals surface area contributed by atoms with Crippen molar-refractivity contribution >= 4 is 60.8 Å². The van der Waals surface area contributed by atoms with Gasteiger partial charge in [0, 0.05) is 39.4 Å². The number of hydrogen-bond acceptors (Lipinski definition) is 2. The normalized spacial score (nSPS) is 14.8. The molecule has 0 aliphatic heterocycles. The van der Waals surface area contributed by atoms with Crippen LogP contribution in [0.4, 0.5) is 17.1 Å². The highest BCUT2D eigenvalue weighted by atomic mass is 16.3. The van der Waals surface area contributed by atoms with E-state index in [4.69, 9.17) is 4.42 Å². The van der Waals surface area contributed by atoms with E-state index in [9.17, 15) is 0 Å². The number of aromatic nitrogens is 1. The zero-order valence-electron chi connectivity index (χ0n) is 35.4. The standard InChI is InChI=1S/C62H40N2O/c1-3-17-39(18-4-1)40-19-15-22-43(37-40)64-52-29-13-11-23-45(52)51-38-41(33-35-53(51)64)44-34-36-55(62-59-48-26-9-7-24-46(48)58(61(44)62)47-25-8-10-27-49(47)59)63(42-20-5-2-6-21-42)54-30-16-32-57-60(54)50-28-12-14-31-56(50)65-57/h1-38,58-59H. The molecule has 0 spiro atoms. The van der Waals surface area contributed by atoms with Crippen molar-refractivity contribution < 1.29 is 4.42 Å².